The fourth-order valence-electron chi connectivity index (χ4n) is 1.82. The fraction of sp³-hybridized carbons (Fsp3) is 0.571. The van der Waals surface area contributed by atoms with Gasteiger partial charge in [-0.2, -0.15) is 0 Å². The second kappa shape index (κ2) is 6.54. The molecule has 2 heteroatoms. The zero-order chi connectivity index (χ0) is 12.0. The quantitative estimate of drug-likeness (QED) is 0.720. The Balaban J connectivity index is 2.49. The summed E-state index contributed by atoms with van der Waals surface area (Å²) < 4.78 is 0. The molecule has 0 aromatic heterocycles. The van der Waals surface area contributed by atoms with Crippen molar-refractivity contribution >= 4 is 0 Å². The van der Waals surface area contributed by atoms with Crippen molar-refractivity contribution in [3.05, 3.63) is 29.3 Å². The Morgan fingerprint density at radius 2 is 2.06 bits per heavy atom. The van der Waals surface area contributed by atoms with E-state index in [1.807, 2.05) is 25.1 Å². The molecule has 0 heterocycles. The molecule has 2 nitrogen and oxygen atoms in total. The van der Waals surface area contributed by atoms with Gasteiger partial charge in [0.1, 0.15) is 5.75 Å². The second-order valence-electron chi connectivity index (χ2n) is 4.45. The van der Waals surface area contributed by atoms with Gasteiger partial charge in [0.25, 0.3) is 0 Å². The first-order valence-electron chi connectivity index (χ1n) is 6.18. The van der Waals surface area contributed by atoms with E-state index >= 15 is 0 Å². The van der Waals surface area contributed by atoms with E-state index in [4.69, 9.17) is 0 Å². The second-order valence-corrected chi connectivity index (χ2v) is 4.45. The van der Waals surface area contributed by atoms with Gasteiger partial charge in [0.2, 0.25) is 0 Å². The molecule has 0 amide bonds. The number of aromatic hydroxyl groups is 1. The molecule has 1 atom stereocenters. The van der Waals surface area contributed by atoms with Gasteiger partial charge in [-0.25, -0.2) is 0 Å². The van der Waals surface area contributed by atoms with Crippen LogP contribution in [0.15, 0.2) is 18.2 Å². The summed E-state index contributed by atoms with van der Waals surface area (Å²) in [7, 11) is 0. The minimum absolute atomic E-state index is 0.220. The van der Waals surface area contributed by atoms with E-state index in [9.17, 15) is 5.11 Å². The van der Waals surface area contributed by atoms with Crippen molar-refractivity contribution < 1.29 is 5.11 Å². The molecular formula is C14H23NO. The summed E-state index contributed by atoms with van der Waals surface area (Å²) in [6.07, 6.45) is 3.71. The number of hydrogen-bond acceptors (Lipinski definition) is 2. The lowest BCUT2D eigenvalue weighted by Crippen LogP contribution is -2.19. The van der Waals surface area contributed by atoms with Gasteiger partial charge in [0.15, 0.2) is 0 Å². The molecule has 0 aliphatic carbocycles. The Hall–Kier alpha value is -1.02. The summed E-state index contributed by atoms with van der Waals surface area (Å²) >= 11 is 0. The van der Waals surface area contributed by atoms with Crippen molar-refractivity contribution in [3.8, 4) is 5.75 Å². The number of benzene rings is 1. The average Bonchev–Trinajstić information content (AvgIpc) is 2.24. The van der Waals surface area contributed by atoms with Crippen LogP contribution in [0, 0.1) is 6.92 Å². The summed E-state index contributed by atoms with van der Waals surface area (Å²) in [5, 5.41) is 13.3. The van der Waals surface area contributed by atoms with Crippen molar-refractivity contribution in [1.29, 1.82) is 0 Å². The first-order chi connectivity index (χ1) is 7.65. The van der Waals surface area contributed by atoms with E-state index in [1.165, 1.54) is 19.3 Å². The Kier molecular flexibility index (Phi) is 5.33. The molecule has 0 spiro atoms. The predicted molar refractivity (Wildman–Crippen MR) is 68.8 cm³/mol. The molecule has 2 N–H and O–H groups in total. The lowest BCUT2D eigenvalue weighted by atomic mass is 10.0. The first kappa shape index (κ1) is 13.0. The molecule has 0 aliphatic heterocycles. The number of nitrogens with one attached hydrogen (secondary N) is 1. The third-order valence-electron chi connectivity index (χ3n) is 2.88. The van der Waals surface area contributed by atoms with Gasteiger partial charge in [-0.3, -0.25) is 0 Å². The number of hydrogen-bond donors (Lipinski definition) is 2. The number of unbranched alkanes of at least 4 members (excludes halogenated alkanes) is 2. The normalized spacial score (nSPS) is 12.7. The molecule has 90 valence electrons. The lowest BCUT2D eigenvalue weighted by molar-refractivity contribution is 0.450. The Morgan fingerprint density at radius 3 is 2.69 bits per heavy atom. The largest absolute Gasteiger partial charge is 0.508 e. The molecule has 0 radical (unpaired) electrons. The molecule has 0 saturated carbocycles. The molecular weight excluding hydrogens is 198 g/mol. The number of phenols is 1. The molecule has 0 fully saturated rings. The molecule has 0 aliphatic rings. The van der Waals surface area contributed by atoms with E-state index in [0.717, 1.165) is 17.7 Å². The van der Waals surface area contributed by atoms with Crippen LogP contribution in [0.3, 0.4) is 0 Å². The van der Waals surface area contributed by atoms with E-state index in [-0.39, 0.29) is 6.04 Å². The monoisotopic (exact) mass is 221 g/mol. The molecule has 0 saturated heterocycles. The van der Waals surface area contributed by atoms with Crippen LogP contribution in [0.1, 0.15) is 50.3 Å². The number of phenolic OH excluding ortho intramolecular Hbond substituents is 1. The highest BCUT2D eigenvalue weighted by Gasteiger charge is 2.08. The van der Waals surface area contributed by atoms with Crippen molar-refractivity contribution in [2.24, 2.45) is 0 Å². The topological polar surface area (TPSA) is 32.3 Å². The predicted octanol–water partition coefficient (Wildman–Crippen LogP) is 3.54. The number of rotatable bonds is 6. The summed E-state index contributed by atoms with van der Waals surface area (Å²) in [5.41, 5.74) is 2.08. The maximum absolute atomic E-state index is 9.82. The van der Waals surface area contributed by atoms with Gasteiger partial charge in [-0.15, -0.1) is 0 Å². The van der Waals surface area contributed by atoms with Crippen LogP contribution < -0.4 is 5.32 Å². The van der Waals surface area contributed by atoms with Crippen molar-refractivity contribution in [3.63, 3.8) is 0 Å². The minimum Gasteiger partial charge on any atom is -0.508 e. The third kappa shape index (κ3) is 3.86. The summed E-state index contributed by atoms with van der Waals surface area (Å²) in [6.45, 7) is 7.30. The van der Waals surface area contributed by atoms with Gasteiger partial charge in [0.05, 0.1) is 0 Å². The van der Waals surface area contributed by atoms with E-state index < -0.39 is 0 Å². The number of aryl methyl sites for hydroxylation is 1. The molecule has 0 bridgehead atoms. The van der Waals surface area contributed by atoms with Gasteiger partial charge in [0, 0.05) is 11.6 Å². The van der Waals surface area contributed by atoms with Crippen LogP contribution in [0.2, 0.25) is 0 Å². The first-order valence-corrected chi connectivity index (χ1v) is 6.18. The van der Waals surface area contributed by atoms with Crippen molar-refractivity contribution in [2.45, 2.75) is 46.1 Å². The third-order valence-corrected chi connectivity index (χ3v) is 2.88. The maximum Gasteiger partial charge on any atom is 0.120 e. The zero-order valence-corrected chi connectivity index (χ0v) is 10.6. The standard InChI is InChI=1S/C14H23NO/c1-4-5-6-9-15-12(3)13-8-7-11(2)10-14(13)16/h7-8,10,12,15-16H,4-6,9H2,1-3H3. The Morgan fingerprint density at radius 1 is 1.31 bits per heavy atom. The van der Waals surface area contributed by atoms with Gasteiger partial charge >= 0.3 is 0 Å². The van der Waals surface area contributed by atoms with Crippen LogP contribution >= 0.6 is 0 Å². The highest BCUT2D eigenvalue weighted by molar-refractivity contribution is 5.37. The summed E-state index contributed by atoms with van der Waals surface area (Å²) in [4.78, 5) is 0. The van der Waals surface area contributed by atoms with Crippen LogP contribution in [-0.4, -0.2) is 11.7 Å². The molecule has 1 rings (SSSR count). The van der Waals surface area contributed by atoms with Gasteiger partial charge in [-0.05, 0) is 38.4 Å². The Labute approximate surface area is 98.7 Å². The van der Waals surface area contributed by atoms with Crippen molar-refractivity contribution in [2.75, 3.05) is 6.54 Å². The van der Waals surface area contributed by atoms with Crippen LogP contribution in [0.4, 0.5) is 0 Å². The highest BCUT2D eigenvalue weighted by Crippen LogP contribution is 2.24. The average molecular weight is 221 g/mol. The van der Waals surface area contributed by atoms with Crippen molar-refractivity contribution in [1.82, 2.24) is 5.32 Å². The van der Waals surface area contributed by atoms with Gasteiger partial charge < -0.3 is 10.4 Å². The highest BCUT2D eigenvalue weighted by atomic mass is 16.3. The lowest BCUT2D eigenvalue weighted by Gasteiger charge is -2.15. The molecule has 1 aromatic carbocycles. The van der Waals surface area contributed by atoms with Crippen LogP contribution in [0.25, 0.3) is 0 Å². The molecule has 1 unspecified atom stereocenters. The van der Waals surface area contributed by atoms with Crippen LogP contribution in [0.5, 0.6) is 5.75 Å². The van der Waals surface area contributed by atoms with E-state index in [0.29, 0.717) is 5.75 Å². The van der Waals surface area contributed by atoms with E-state index in [2.05, 4.69) is 19.2 Å². The smallest absolute Gasteiger partial charge is 0.120 e. The maximum atomic E-state index is 9.82. The minimum atomic E-state index is 0.220. The fourth-order valence-corrected chi connectivity index (χ4v) is 1.82. The van der Waals surface area contributed by atoms with Crippen LogP contribution in [-0.2, 0) is 0 Å². The van der Waals surface area contributed by atoms with Gasteiger partial charge in [-0.1, -0.05) is 31.9 Å². The Bertz CT molecular complexity index is 323. The van der Waals surface area contributed by atoms with E-state index in [1.54, 1.807) is 0 Å². The summed E-state index contributed by atoms with van der Waals surface area (Å²) in [5.74, 6) is 0.399. The molecule has 1 aromatic rings. The summed E-state index contributed by atoms with van der Waals surface area (Å²) in [6, 6.07) is 6.08. The zero-order valence-electron chi connectivity index (χ0n) is 10.6. The SMILES string of the molecule is CCCCCNC(C)c1ccc(C)cc1O. The molecule has 16 heavy (non-hydrogen) atoms.